The van der Waals surface area contributed by atoms with E-state index in [0.717, 1.165) is 28.5 Å². The van der Waals surface area contributed by atoms with Crippen molar-refractivity contribution in [3.8, 4) is 11.1 Å². The molecule has 0 spiro atoms. The minimum Gasteiger partial charge on any atom is -0.298 e. The average Bonchev–Trinajstić information content (AvgIpc) is 2.46. The van der Waals surface area contributed by atoms with E-state index in [-0.39, 0.29) is 0 Å². The molecule has 0 bridgehead atoms. The van der Waals surface area contributed by atoms with Crippen molar-refractivity contribution in [1.29, 1.82) is 0 Å². The van der Waals surface area contributed by atoms with E-state index in [1.54, 1.807) is 0 Å². The second kappa shape index (κ2) is 4.69. The maximum absolute atomic E-state index is 11.0. The van der Waals surface area contributed by atoms with Gasteiger partial charge in [0, 0.05) is 5.56 Å². The summed E-state index contributed by atoms with van der Waals surface area (Å²) in [5, 5.41) is 2.45. The first kappa shape index (κ1) is 11.7. The van der Waals surface area contributed by atoms with Crippen LogP contribution < -0.4 is 0 Å². The molecule has 0 heterocycles. The molecule has 0 N–H and O–H groups in total. The van der Waals surface area contributed by atoms with Gasteiger partial charge < -0.3 is 0 Å². The topological polar surface area (TPSA) is 17.1 Å². The maximum atomic E-state index is 11.0. The molecule has 19 heavy (non-hydrogen) atoms. The highest BCUT2D eigenvalue weighted by atomic mass is 16.1. The SMILES string of the molecule is Cc1cc(C=O)cc(-c2ccc3ccccc3c2)c1. The summed E-state index contributed by atoms with van der Waals surface area (Å²) < 4.78 is 0. The Bertz CT molecular complexity index is 756. The summed E-state index contributed by atoms with van der Waals surface area (Å²) in [6.45, 7) is 2.01. The third-order valence-electron chi connectivity index (χ3n) is 3.32. The summed E-state index contributed by atoms with van der Waals surface area (Å²) in [6, 6.07) is 20.6. The fraction of sp³-hybridized carbons (Fsp3) is 0.0556. The molecule has 0 aliphatic carbocycles. The molecule has 0 aliphatic rings. The fourth-order valence-corrected chi connectivity index (χ4v) is 2.42. The van der Waals surface area contributed by atoms with Crippen LogP contribution in [0.4, 0.5) is 0 Å². The number of aldehydes is 1. The molecule has 3 aromatic rings. The van der Waals surface area contributed by atoms with Gasteiger partial charge in [0.1, 0.15) is 6.29 Å². The van der Waals surface area contributed by atoms with Crippen molar-refractivity contribution >= 4 is 17.1 Å². The first-order valence-electron chi connectivity index (χ1n) is 6.32. The summed E-state index contributed by atoms with van der Waals surface area (Å²) in [5.41, 5.74) is 4.06. The normalized spacial score (nSPS) is 10.6. The summed E-state index contributed by atoms with van der Waals surface area (Å²) >= 11 is 0. The predicted octanol–water partition coefficient (Wildman–Crippen LogP) is 4.63. The second-order valence-corrected chi connectivity index (χ2v) is 4.81. The lowest BCUT2D eigenvalue weighted by Crippen LogP contribution is -1.86. The van der Waals surface area contributed by atoms with Gasteiger partial charge in [-0.25, -0.2) is 0 Å². The van der Waals surface area contributed by atoms with Crippen LogP contribution in [0.2, 0.25) is 0 Å². The molecule has 0 unspecified atom stereocenters. The van der Waals surface area contributed by atoms with E-state index in [2.05, 4.69) is 36.4 Å². The summed E-state index contributed by atoms with van der Waals surface area (Å²) in [7, 11) is 0. The van der Waals surface area contributed by atoms with Crippen molar-refractivity contribution in [2.45, 2.75) is 6.92 Å². The van der Waals surface area contributed by atoms with Crippen LogP contribution in [0.25, 0.3) is 21.9 Å². The number of carbonyl (C=O) groups excluding carboxylic acids is 1. The quantitative estimate of drug-likeness (QED) is 0.602. The zero-order valence-corrected chi connectivity index (χ0v) is 10.8. The van der Waals surface area contributed by atoms with Gasteiger partial charge in [0.15, 0.2) is 0 Å². The van der Waals surface area contributed by atoms with E-state index < -0.39 is 0 Å². The van der Waals surface area contributed by atoms with Crippen molar-refractivity contribution in [3.05, 3.63) is 71.8 Å². The van der Waals surface area contributed by atoms with E-state index in [0.29, 0.717) is 0 Å². The Kier molecular flexibility index (Phi) is 2.88. The van der Waals surface area contributed by atoms with E-state index in [4.69, 9.17) is 0 Å². The maximum Gasteiger partial charge on any atom is 0.150 e. The summed E-state index contributed by atoms with van der Waals surface area (Å²) in [6.07, 6.45) is 0.900. The molecule has 0 atom stereocenters. The Labute approximate surface area is 112 Å². The monoisotopic (exact) mass is 246 g/mol. The zero-order valence-electron chi connectivity index (χ0n) is 10.8. The van der Waals surface area contributed by atoms with Crippen LogP contribution in [-0.4, -0.2) is 6.29 Å². The van der Waals surface area contributed by atoms with Crippen LogP contribution in [0.1, 0.15) is 15.9 Å². The molecule has 0 saturated carbocycles. The lowest BCUT2D eigenvalue weighted by molar-refractivity contribution is 0.112. The fourth-order valence-electron chi connectivity index (χ4n) is 2.42. The smallest absolute Gasteiger partial charge is 0.150 e. The molecule has 0 radical (unpaired) electrons. The van der Waals surface area contributed by atoms with E-state index in [1.165, 1.54) is 10.8 Å². The van der Waals surface area contributed by atoms with Gasteiger partial charge in [0.25, 0.3) is 0 Å². The van der Waals surface area contributed by atoms with Crippen LogP contribution in [0.3, 0.4) is 0 Å². The summed E-state index contributed by atoms with van der Waals surface area (Å²) in [5.74, 6) is 0. The molecule has 0 fully saturated rings. The lowest BCUT2D eigenvalue weighted by Gasteiger charge is -2.06. The molecule has 0 aromatic heterocycles. The van der Waals surface area contributed by atoms with E-state index in [9.17, 15) is 4.79 Å². The molecular formula is C18H14O. The first-order valence-corrected chi connectivity index (χ1v) is 6.32. The largest absolute Gasteiger partial charge is 0.298 e. The Hall–Kier alpha value is -2.41. The molecule has 1 nitrogen and oxygen atoms in total. The Balaban J connectivity index is 2.18. The number of hydrogen-bond acceptors (Lipinski definition) is 1. The molecule has 3 rings (SSSR count). The first-order chi connectivity index (χ1) is 9.26. The van der Waals surface area contributed by atoms with Crippen molar-refractivity contribution in [2.75, 3.05) is 0 Å². The summed E-state index contributed by atoms with van der Waals surface area (Å²) in [4.78, 5) is 11.0. The average molecular weight is 246 g/mol. The number of aryl methyl sites for hydroxylation is 1. The standard InChI is InChI=1S/C18H14O/c1-13-8-14(12-19)10-18(9-13)17-7-6-15-4-2-3-5-16(15)11-17/h2-12H,1H3. The van der Waals surface area contributed by atoms with Crippen LogP contribution in [-0.2, 0) is 0 Å². The zero-order chi connectivity index (χ0) is 13.2. The number of benzene rings is 3. The number of carbonyl (C=O) groups is 1. The molecule has 0 saturated heterocycles. The van der Waals surface area contributed by atoms with E-state index in [1.807, 2.05) is 31.2 Å². The van der Waals surface area contributed by atoms with Crippen molar-refractivity contribution in [3.63, 3.8) is 0 Å². The minimum atomic E-state index is 0.725. The van der Waals surface area contributed by atoms with Gasteiger partial charge in [-0.1, -0.05) is 42.5 Å². The van der Waals surface area contributed by atoms with Gasteiger partial charge in [-0.2, -0.15) is 0 Å². The molecule has 1 heteroatoms. The Morgan fingerprint density at radius 3 is 2.37 bits per heavy atom. The molecule has 3 aromatic carbocycles. The van der Waals surface area contributed by atoms with Gasteiger partial charge in [-0.05, 0) is 52.6 Å². The number of fused-ring (bicyclic) bond motifs is 1. The Morgan fingerprint density at radius 1 is 0.789 bits per heavy atom. The van der Waals surface area contributed by atoms with Gasteiger partial charge >= 0.3 is 0 Å². The second-order valence-electron chi connectivity index (χ2n) is 4.81. The highest BCUT2D eigenvalue weighted by Gasteiger charge is 2.02. The number of rotatable bonds is 2. The predicted molar refractivity (Wildman–Crippen MR) is 79.5 cm³/mol. The molecule has 0 amide bonds. The minimum absolute atomic E-state index is 0.725. The lowest BCUT2D eigenvalue weighted by atomic mass is 9.98. The molecule has 92 valence electrons. The van der Waals surface area contributed by atoms with Gasteiger partial charge in [0.05, 0.1) is 0 Å². The van der Waals surface area contributed by atoms with Crippen molar-refractivity contribution in [2.24, 2.45) is 0 Å². The van der Waals surface area contributed by atoms with Crippen LogP contribution in [0.5, 0.6) is 0 Å². The van der Waals surface area contributed by atoms with Gasteiger partial charge in [-0.3, -0.25) is 4.79 Å². The Morgan fingerprint density at radius 2 is 1.58 bits per heavy atom. The molecular weight excluding hydrogens is 232 g/mol. The number of hydrogen-bond donors (Lipinski definition) is 0. The van der Waals surface area contributed by atoms with Crippen LogP contribution in [0, 0.1) is 6.92 Å². The van der Waals surface area contributed by atoms with Crippen molar-refractivity contribution in [1.82, 2.24) is 0 Å². The van der Waals surface area contributed by atoms with Gasteiger partial charge in [0.2, 0.25) is 0 Å². The highest BCUT2D eigenvalue weighted by Crippen LogP contribution is 2.25. The third kappa shape index (κ3) is 2.27. The van der Waals surface area contributed by atoms with Crippen molar-refractivity contribution < 1.29 is 4.79 Å². The highest BCUT2D eigenvalue weighted by molar-refractivity contribution is 5.88. The third-order valence-corrected chi connectivity index (χ3v) is 3.32. The van der Waals surface area contributed by atoms with Gasteiger partial charge in [-0.15, -0.1) is 0 Å². The van der Waals surface area contributed by atoms with Crippen LogP contribution >= 0.6 is 0 Å². The van der Waals surface area contributed by atoms with E-state index >= 15 is 0 Å². The molecule has 0 aliphatic heterocycles. The van der Waals surface area contributed by atoms with Crippen LogP contribution in [0.15, 0.2) is 60.7 Å².